The van der Waals surface area contributed by atoms with Gasteiger partial charge in [-0.2, -0.15) is 5.10 Å². The molecular formula is C96H158N4O47. The predicted octanol–water partition coefficient (Wildman–Crippen LogP) is -7.14. The van der Waals surface area contributed by atoms with Crippen molar-refractivity contribution in [3.63, 3.8) is 0 Å². The number of hydrogen-bond acceptors (Lipinski definition) is 48. The van der Waals surface area contributed by atoms with Gasteiger partial charge in [0, 0.05) is 49.8 Å². The fourth-order valence-corrected chi connectivity index (χ4v) is 23.4. The van der Waals surface area contributed by atoms with Gasteiger partial charge in [-0.1, -0.05) is 66.5 Å². The number of aliphatic hydroxyl groups excluding tert-OH is 30. The Kier molecular flexibility index (Phi) is 41.9. The Bertz CT molecular complexity index is 4490. The van der Waals surface area contributed by atoms with Gasteiger partial charge in [0.25, 0.3) is 18.1 Å². The van der Waals surface area contributed by atoms with Crippen LogP contribution in [0.4, 0.5) is 0 Å². The van der Waals surface area contributed by atoms with Gasteiger partial charge in [0.1, 0.15) is 122 Å². The average molecular weight is 2120 g/mol. The molecule has 51 heteroatoms. The molecule has 8 fully saturated rings. The number of nitrogens with one attached hydrogen (secondary N) is 2. The lowest BCUT2D eigenvalue weighted by Gasteiger charge is -2.71. The van der Waals surface area contributed by atoms with Gasteiger partial charge >= 0.3 is 5.97 Å². The van der Waals surface area contributed by atoms with Crippen molar-refractivity contribution < 1.29 is 234 Å². The predicted molar refractivity (Wildman–Crippen MR) is 497 cm³/mol. The van der Waals surface area contributed by atoms with Gasteiger partial charge in [-0.3, -0.25) is 28.9 Å². The van der Waals surface area contributed by atoms with Crippen LogP contribution in [0.2, 0.25) is 0 Å². The summed E-state index contributed by atoms with van der Waals surface area (Å²) in [7, 11) is 0. The van der Waals surface area contributed by atoms with Crippen LogP contribution < -0.4 is 10.7 Å². The second-order valence-corrected chi connectivity index (χ2v) is 43.2. The van der Waals surface area contributed by atoms with Crippen molar-refractivity contribution in [3.05, 3.63) is 46.8 Å². The van der Waals surface area contributed by atoms with E-state index in [9.17, 15) is 172 Å². The first-order chi connectivity index (χ1) is 68.7. The molecule has 32 N–H and O–H groups in total. The number of hydrazone groups is 1. The third-order valence-electron chi connectivity index (χ3n) is 32.5. The maximum Gasteiger partial charge on any atom is 0.317 e. The van der Waals surface area contributed by atoms with Crippen molar-refractivity contribution in [2.75, 3.05) is 39.6 Å². The number of rotatable bonds is 48. The fourth-order valence-electron chi connectivity index (χ4n) is 23.4. The number of carbonyl (C=O) groups is 5. The number of aliphatic hydroxyl groups is 30. The molecule has 0 aromatic heterocycles. The third kappa shape index (κ3) is 25.8. The Labute approximate surface area is 848 Å². The van der Waals surface area contributed by atoms with Gasteiger partial charge < -0.3 is 215 Å². The monoisotopic (exact) mass is 2120 g/mol. The SMILES string of the molecule is CCC(O)C(OC1CCC(O)C(O)C1O)C(O)C(O)OC1C(C)OC(OC(=O)[C@]23CCC(C)(C)CC2C2=CCC4[C@@]5(C)CC[C@H](OC(CO)(OC6OC(CO)C(O)C(O)C6O)C(OC(O)C(O)C(O)C(C)O)C(O)CC(=O)NC(C)(CO)CO)[C@@](C)(/C=N/NC(=O)CCCCCN6C(=O)C=CC6=O)C5CC[C@@]4(C)[C@]2(C)C[C@H]3O)C(OC2OC(C)C(OC(O)/C(O)=C(/OC(O)/C(O)=C(/O)C(O)CCO)C(C)O)C(O)C2O)C1O. The highest BCUT2D eigenvalue weighted by Gasteiger charge is 2.74. The second-order valence-electron chi connectivity index (χ2n) is 43.2. The molecule has 6 aliphatic carbocycles. The number of hydrogen-bond donors (Lipinski definition) is 32. The molecule has 147 heavy (non-hydrogen) atoms. The molecule has 0 radical (unpaired) electrons. The van der Waals surface area contributed by atoms with Gasteiger partial charge in [-0.25, -0.2) is 5.43 Å². The zero-order chi connectivity index (χ0) is 110. The van der Waals surface area contributed by atoms with Crippen molar-refractivity contribution >= 4 is 35.8 Å². The average Bonchev–Trinajstić information content (AvgIpc) is 0.794. The first kappa shape index (κ1) is 123. The molecule has 4 aliphatic heterocycles. The first-order valence-electron chi connectivity index (χ1n) is 50.1. The molecule has 44 atom stereocenters. The van der Waals surface area contributed by atoms with Crippen molar-refractivity contribution in [3.8, 4) is 0 Å². The van der Waals surface area contributed by atoms with Gasteiger partial charge in [0.05, 0.1) is 86.7 Å². The summed E-state index contributed by atoms with van der Waals surface area (Å²) in [6.07, 6.45) is -68.5. The summed E-state index contributed by atoms with van der Waals surface area (Å²) in [4.78, 5) is 70.5. The summed E-state index contributed by atoms with van der Waals surface area (Å²) in [5.41, 5.74) is -5.84. The largest absolute Gasteiger partial charge is 0.506 e. The Morgan fingerprint density at radius 3 is 1.85 bits per heavy atom. The smallest absolute Gasteiger partial charge is 0.317 e. The van der Waals surface area contributed by atoms with E-state index in [0.717, 1.165) is 36.5 Å². The van der Waals surface area contributed by atoms with Crippen molar-refractivity contribution in [2.24, 2.45) is 55.3 Å². The number of amides is 4. The number of unbranched alkanes of at least 4 members (excludes halogenated alkanes) is 2. The zero-order valence-electron chi connectivity index (χ0n) is 84.5. The van der Waals surface area contributed by atoms with Crippen LogP contribution in [0.5, 0.6) is 0 Å². The Balaban J connectivity index is 1.02. The van der Waals surface area contributed by atoms with E-state index in [0.29, 0.717) is 12.8 Å². The van der Waals surface area contributed by atoms with Crippen LogP contribution >= 0.6 is 0 Å². The summed E-state index contributed by atoms with van der Waals surface area (Å²) in [5.74, 6) is -14.8. The van der Waals surface area contributed by atoms with Crippen LogP contribution in [-0.2, 0) is 80.8 Å². The number of ether oxygens (including phenoxy) is 12. The molecule has 3 saturated heterocycles. The maximum absolute atomic E-state index is 16.5. The van der Waals surface area contributed by atoms with Gasteiger partial charge in [0.2, 0.25) is 35.9 Å². The molecule has 0 spiro atoms. The molecule has 10 rings (SSSR count). The van der Waals surface area contributed by atoms with E-state index in [1.807, 2.05) is 33.8 Å². The lowest BCUT2D eigenvalue weighted by atomic mass is 9.33. The molecule has 844 valence electrons. The van der Waals surface area contributed by atoms with Crippen LogP contribution in [0.25, 0.3) is 0 Å². The molecule has 4 amide bonds. The summed E-state index contributed by atoms with van der Waals surface area (Å²) in [6, 6.07) is 0. The quantitative estimate of drug-likeness (QED) is 0.00393. The first-order valence-corrected chi connectivity index (χ1v) is 50.1. The minimum absolute atomic E-state index is 0.0635. The standard InChI is InChI=1S/C96H158N4O47/c1-13-47(108)78(138-51-20-19-48(109)62(118)64(51)120)74(130)84(134)142-77-44(5)137-87(79(72(77)128)143-85-71(127)67(123)76(43(4)136-85)141-83(133)73(129)75(42(3)107)140-81(131)69(125)63(119)49(110)26-32-101)145-88(135)95-30-29-89(6,7)34-46(95)45-18-21-54-91(9)27-25-56(92(10,53(91)24-28-93(54,11)94(45,12)35-55(95)112)37-97-99-57(113)17-15-14-16-31-100-59(115)22-23-60(100)116)146-96(40-105,147-86-70(126)66(122)65(121)52(36-102)139-86)80(144-82(132)68(124)61(117)41(2)106)50(111)33-58(114)98-90(8,38-103)39-104/h18,22-23,37,41-44,46-56,61-62,64-68,70-72,74,76-87,101-112,117-134H,13-17,19-21,24-36,38-40H2,1-12H3,(H,98,114)(H,99,113)/b69-63-,75-73-,97-37+/t41?,42?,43?,44?,46?,47?,48?,49?,50?,51?,52?,53?,54?,55-,56+,61?,62?,64?,65?,66?,67?,68?,70?,71?,72?,74?,76?,77?,78?,79?,80?,81?,82?,83?,84?,85?,86?,87?,91+,92+,93-,94-,95-,96?/m1/s1. The van der Waals surface area contributed by atoms with E-state index in [1.165, 1.54) is 33.9 Å². The summed E-state index contributed by atoms with van der Waals surface area (Å²) < 4.78 is 73.6. The number of allylic oxidation sites excluding steroid dienone is 2. The van der Waals surface area contributed by atoms with E-state index < -0.39 is 375 Å². The third-order valence-corrected chi connectivity index (χ3v) is 32.5. The molecular weight excluding hydrogens is 1960 g/mol. The van der Waals surface area contributed by atoms with Crippen LogP contribution in [0.15, 0.2) is 51.9 Å². The highest BCUT2D eigenvalue weighted by atomic mass is 16.8. The van der Waals surface area contributed by atoms with E-state index in [2.05, 4.69) is 22.8 Å². The highest BCUT2D eigenvalue weighted by molar-refractivity contribution is 6.12. The molecule has 10 aliphatic rings. The van der Waals surface area contributed by atoms with Gasteiger partial charge in [0.15, 0.2) is 48.5 Å². The van der Waals surface area contributed by atoms with E-state index in [4.69, 9.17) is 56.8 Å². The highest BCUT2D eigenvalue weighted by Crippen LogP contribution is 2.76. The Hall–Kier alpha value is -6.10. The van der Waals surface area contributed by atoms with Gasteiger partial charge in [-0.05, 0) is 164 Å². The van der Waals surface area contributed by atoms with Gasteiger partial charge in [-0.15, -0.1) is 0 Å². The second kappa shape index (κ2) is 50.2. The fraction of sp³-hybridized carbons (Fsp3) is 0.854. The van der Waals surface area contributed by atoms with E-state index in [1.54, 1.807) is 6.92 Å². The minimum Gasteiger partial charge on any atom is -0.506 e. The Morgan fingerprint density at radius 1 is 0.612 bits per heavy atom. The molecule has 0 aromatic rings. The van der Waals surface area contributed by atoms with E-state index in [-0.39, 0.29) is 96.4 Å². The van der Waals surface area contributed by atoms with Crippen LogP contribution in [0.3, 0.4) is 0 Å². The van der Waals surface area contributed by atoms with Crippen molar-refractivity contribution in [1.29, 1.82) is 0 Å². The number of carbonyl (C=O) groups excluding carboxylic acids is 5. The normalized spacial score (nSPS) is 38.9. The molecule has 51 nitrogen and oxygen atoms in total. The molecule has 0 aromatic carbocycles. The molecule has 4 heterocycles. The number of esters is 1. The number of nitrogens with zero attached hydrogens (tertiary/aromatic N) is 2. The summed E-state index contributed by atoms with van der Waals surface area (Å²) in [6.45, 7) is 13.6. The Morgan fingerprint density at radius 2 is 1.24 bits per heavy atom. The lowest BCUT2D eigenvalue weighted by Crippen LogP contribution is -2.70. The number of fused-ring (bicyclic) bond motifs is 7. The van der Waals surface area contributed by atoms with Crippen LogP contribution in [0.1, 0.15) is 199 Å². The molecule has 37 unspecified atom stereocenters. The molecule has 5 saturated carbocycles. The summed E-state index contributed by atoms with van der Waals surface area (Å²) >= 11 is 0. The zero-order valence-corrected chi connectivity index (χ0v) is 84.5. The topological polar surface area (TPSA) is 843 Å². The lowest BCUT2D eigenvalue weighted by molar-refractivity contribution is -0.424. The summed E-state index contributed by atoms with van der Waals surface area (Å²) in [5, 5.41) is 344. The van der Waals surface area contributed by atoms with Crippen molar-refractivity contribution in [2.45, 2.75) is 425 Å². The molecule has 0 bridgehead atoms. The maximum atomic E-state index is 16.5. The van der Waals surface area contributed by atoms with Crippen molar-refractivity contribution in [1.82, 2.24) is 15.6 Å². The van der Waals surface area contributed by atoms with Crippen LogP contribution in [-0.4, -0.2) is 460 Å². The van der Waals surface area contributed by atoms with E-state index >= 15 is 4.79 Å². The minimum atomic E-state index is -3.27. The number of imide groups is 1. The van der Waals surface area contributed by atoms with Crippen LogP contribution in [0, 0.1) is 50.2 Å².